The third-order valence-electron chi connectivity index (χ3n) is 1.23. The SMILES string of the molecule is Br.Br.Br.COc1cccc(C)c1. The molecule has 1 rings (SSSR count). The van der Waals surface area contributed by atoms with Crippen molar-refractivity contribution in [2.75, 3.05) is 7.11 Å². The summed E-state index contributed by atoms with van der Waals surface area (Å²) >= 11 is 0. The summed E-state index contributed by atoms with van der Waals surface area (Å²) in [5.74, 6) is 0.926. The molecule has 0 N–H and O–H groups in total. The van der Waals surface area contributed by atoms with E-state index in [1.807, 2.05) is 31.2 Å². The van der Waals surface area contributed by atoms with Crippen molar-refractivity contribution in [1.82, 2.24) is 0 Å². The van der Waals surface area contributed by atoms with Crippen molar-refractivity contribution in [3.63, 3.8) is 0 Å². The fraction of sp³-hybridized carbons (Fsp3) is 0.250. The highest BCUT2D eigenvalue weighted by molar-refractivity contribution is 8.93. The molecule has 4 heteroatoms. The maximum Gasteiger partial charge on any atom is 0.119 e. The van der Waals surface area contributed by atoms with Gasteiger partial charge in [0.25, 0.3) is 0 Å². The van der Waals surface area contributed by atoms with Gasteiger partial charge in [-0.3, -0.25) is 0 Å². The fourth-order valence-electron chi connectivity index (χ4n) is 0.742. The molecule has 0 saturated carbocycles. The smallest absolute Gasteiger partial charge is 0.119 e. The Morgan fingerprint density at radius 1 is 1.08 bits per heavy atom. The second kappa shape index (κ2) is 9.55. The quantitative estimate of drug-likeness (QED) is 0.737. The number of hydrogen-bond acceptors (Lipinski definition) is 1. The Morgan fingerprint density at radius 3 is 2.00 bits per heavy atom. The van der Waals surface area contributed by atoms with Gasteiger partial charge >= 0.3 is 0 Å². The molecule has 0 bridgehead atoms. The summed E-state index contributed by atoms with van der Waals surface area (Å²) in [6, 6.07) is 7.96. The van der Waals surface area contributed by atoms with Gasteiger partial charge in [-0.25, -0.2) is 0 Å². The largest absolute Gasteiger partial charge is 0.497 e. The number of benzene rings is 1. The van der Waals surface area contributed by atoms with Crippen LogP contribution in [0.25, 0.3) is 0 Å². The molecule has 0 radical (unpaired) electrons. The summed E-state index contributed by atoms with van der Waals surface area (Å²) in [4.78, 5) is 0. The molecule has 0 spiro atoms. The monoisotopic (exact) mass is 362 g/mol. The van der Waals surface area contributed by atoms with Crippen molar-refractivity contribution < 1.29 is 4.74 Å². The van der Waals surface area contributed by atoms with Crippen molar-refractivity contribution >= 4 is 50.9 Å². The molecule has 72 valence electrons. The molecule has 0 aromatic heterocycles. The van der Waals surface area contributed by atoms with Crippen LogP contribution in [-0.4, -0.2) is 7.11 Å². The molecule has 0 saturated heterocycles. The molecular weight excluding hydrogens is 352 g/mol. The standard InChI is InChI=1S/C8H10O.3BrH/c1-7-4-3-5-8(6-7)9-2;;;/h3-6H,1-2H3;3*1H. The summed E-state index contributed by atoms with van der Waals surface area (Å²) in [7, 11) is 1.68. The Balaban J connectivity index is -0.000000270. The number of methoxy groups -OCH3 is 1. The van der Waals surface area contributed by atoms with E-state index in [4.69, 9.17) is 4.74 Å². The van der Waals surface area contributed by atoms with Gasteiger partial charge in [0.05, 0.1) is 7.11 Å². The number of rotatable bonds is 1. The Kier molecular flexibility index (Phi) is 14.5. The zero-order valence-corrected chi connectivity index (χ0v) is 12.1. The highest BCUT2D eigenvalue weighted by Crippen LogP contribution is 2.10. The van der Waals surface area contributed by atoms with Crippen molar-refractivity contribution in [1.29, 1.82) is 0 Å². The highest BCUT2D eigenvalue weighted by atomic mass is 79.9. The minimum atomic E-state index is 0. The molecule has 1 aromatic carbocycles. The van der Waals surface area contributed by atoms with E-state index in [-0.39, 0.29) is 50.9 Å². The molecule has 0 aliphatic rings. The van der Waals surface area contributed by atoms with Gasteiger partial charge in [-0.2, -0.15) is 0 Å². The van der Waals surface area contributed by atoms with Crippen LogP contribution in [0.3, 0.4) is 0 Å². The first-order valence-electron chi connectivity index (χ1n) is 2.93. The molecular formula is C8H13Br3O. The van der Waals surface area contributed by atoms with E-state index >= 15 is 0 Å². The van der Waals surface area contributed by atoms with Crippen LogP contribution in [0.4, 0.5) is 0 Å². The molecule has 0 atom stereocenters. The lowest BCUT2D eigenvalue weighted by Crippen LogP contribution is -1.81. The topological polar surface area (TPSA) is 9.23 Å². The maximum absolute atomic E-state index is 5.00. The van der Waals surface area contributed by atoms with Crippen LogP contribution in [0.2, 0.25) is 0 Å². The van der Waals surface area contributed by atoms with Crippen LogP contribution < -0.4 is 4.74 Å². The van der Waals surface area contributed by atoms with Gasteiger partial charge in [-0.1, -0.05) is 12.1 Å². The summed E-state index contributed by atoms with van der Waals surface area (Å²) in [5.41, 5.74) is 1.23. The van der Waals surface area contributed by atoms with Gasteiger partial charge in [-0.15, -0.1) is 50.9 Å². The summed E-state index contributed by atoms with van der Waals surface area (Å²) in [6.45, 7) is 2.04. The van der Waals surface area contributed by atoms with E-state index in [0.717, 1.165) is 5.75 Å². The predicted molar refractivity (Wildman–Crippen MR) is 68.7 cm³/mol. The van der Waals surface area contributed by atoms with E-state index in [9.17, 15) is 0 Å². The van der Waals surface area contributed by atoms with Crippen LogP contribution >= 0.6 is 50.9 Å². The average Bonchev–Trinajstić information content (AvgIpc) is 1.88. The van der Waals surface area contributed by atoms with Crippen molar-refractivity contribution in [2.45, 2.75) is 6.92 Å². The lowest BCUT2D eigenvalue weighted by atomic mass is 10.2. The highest BCUT2D eigenvalue weighted by Gasteiger charge is 1.86. The average molecular weight is 365 g/mol. The van der Waals surface area contributed by atoms with Gasteiger partial charge in [-0.05, 0) is 24.6 Å². The second-order valence-electron chi connectivity index (χ2n) is 2.02. The van der Waals surface area contributed by atoms with Gasteiger partial charge in [0, 0.05) is 0 Å². The van der Waals surface area contributed by atoms with Crippen molar-refractivity contribution in [2.24, 2.45) is 0 Å². The lowest BCUT2D eigenvalue weighted by Gasteiger charge is -1.97. The fourth-order valence-corrected chi connectivity index (χ4v) is 0.742. The van der Waals surface area contributed by atoms with Crippen LogP contribution in [-0.2, 0) is 0 Å². The van der Waals surface area contributed by atoms with E-state index < -0.39 is 0 Å². The lowest BCUT2D eigenvalue weighted by molar-refractivity contribution is 0.414. The normalized spacial score (nSPS) is 6.83. The second-order valence-corrected chi connectivity index (χ2v) is 2.02. The van der Waals surface area contributed by atoms with Crippen molar-refractivity contribution in [3.05, 3.63) is 29.8 Å². The van der Waals surface area contributed by atoms with Crippen LogP contribution in [0.1, 0.15) is 5.56 Å². The molecule has 0 fully saturated rings. The van der Waals surface area contributed by atoms with Gasteiger partial charge in [0.1, 0.15) is 5.75 Å². The van der Waals surface area contributed by atoms with E-state index in [0.29, 0.717) is 0 Å². The maximum atomic E-state index is 5.00. The van der Waals surface area contributed by atoms with E-state index in [2.05, 4.69) is 0 Å². The first-order valence-corrected chi connectivity index (χ1v) is 2.93. The first kappa shape index (κ1) is 18.3. The minimum Gasteiger partial charge on any atom is -0.497 e. The summed E-state index contributed by atoms with van der Waals surface area (Å²) in [5, 5.41) is 0. The Bertz CT molecular complexity index is 203. The Hall–Kier alpha value is 0.460. The number of ether oxygens (including phenoxy) is 1. The summed E-state index contributed by atoms with van der Waals surface area (Å²) < 4.78 is 5.00. The zero-order valence-electron chi connectivity index (χ0n) is 6.94. The number of halogens is 3. The Morgan fingerprint density at radius 2 is 1.67 bits per heavy atom. The minimum absolute atomic E-state index is 0. The molecule has 1 nitrogen and oxygen atoms in total. The number of hydrogen-bond donors (Lipinski definition) is 0. The van der Waals surface area contributed by atoms with Gasteiger partial charge in [0.2, 0.25) is 0 Å². The Labute approximate surface area is 105 Å². The van der Waals surface area contributed by atoms with Crippen LogP contribution in [0.15, 0.2) is 24.3 Å². The molecule has 0 amide bonds. The van der Waals surface area contributed by atoms with Crippen LogP contribution in [0.5, 0.6) is 5.75 Å². The molecule has 0 unspecified atom stereocenters. The third kappa shape index (κ3) is 6.03. The van der Waals surface area contributed by atoms with Crippen molar-refractivity contribution in [3.8, 4) is 5.75 Å². The first-order chi connectivity index (χ1) is 4.33. The van der Waals surface area contributed by atoms with E-state index in [1.165, 1.54) is 5.56 Å². The molecule has 1 aromatic rings. The van der Waals surface area contributed by atoms with Crippen LogP contribution in [0, 0.1) is 6.92 Å². The number of aryl methyl sites for hydroxylation is 1. The predicted octanol–water partition coefficient (Wildman–Crippen LogP) is 3.74. The molecule has 0 heterocycles. The summed E-state index contributed by atoms with van der Waals surface area (Å²) in [6.07, 6.45) is 0. The molecule has 0 aliphatic heterocycles. The van der Waals surface area contributed by atoms with Gasteiger partial charge < -0.3 is 4.74 Å². The van der Waals surface area contributed by atoms with Gasteiger partial charge in [0.15, 0.2) is 0 Å². The zero-order chi connectivity index (χ0) is 6.69. The van der Waals surface area contributed by atoms with E-state index in [1.54, 1.807) is 7.11 Å². The molecule has 12 heavy (non-hydrogen) atoms. The third-order valence-corrected chi connectivity index (χ3v) is 1.23. The molecule has 0 aliphatic carbocycles.